The standard InChI is InChI=1S/C22H20ClN5O/c23-21-4-1-3-19(11-21)12-24-22(29)20-13-26-28(16-20)15-18-7-5-17(6-8-18)14-27-10-2-9-25-27/h1-11,13,16H,12,14-15H2,(H,24,29). The van der Waals surface area contributed by atoms with Gasteiger partial charge in [-0.2, -0.15) is 10.2 Å². The number of hydrogen-bond acceptors (Lipinski definition) is 3. The van der Waals surface area contributed by atoms with Gasteiger partial charge in [0.1, 0.15) is 0 Å². The topological polar surface area (TPSA) is 64.7 Å². The number of amides is 1. The van der Waals surface area contributed by atoms with E-state index in [2.05, 4.69) is 39.8 Å². The van der Waals surface area contributed by atoms with Crippen LogP contribution in [-0.2, 0) is 19.6 Å². The van der Waals surface area contributed by atoms with Crippen molar-refractivity contribution in [1.29, 1.82) is 0 Å². The third-order valence-corrected chi connectivity index (χ3v) is 4.74. The molecule has 4 aromatic rings. The molecular weight excluding hydrogens is 386 g/mol. The summed E-state index contributed by atoms with van der Waals surface area (Å²) in [6, 6.07) is 17.6. The van der Waals surface area contributed by atoms with Crippen LogP contribution in [-0.4, -0.2) is 25.5 Å². The van der Waals surface area contributed by atoms with Crippen LogP contribution in [0.3, 0.4) is 0 Å². The average molecular weight is 406 g/mol. The van der Waals surface area contributed by atoms with Gasteiger partial charge in [0, 0.05) is 30.2 Å². The van der Waals surface area contributed by atoms with Crippen LogP contribution in [0.2, 0.25) is 5.02 Å². The molecule has 1 N–H and O–H groups in total. The predicted octanol–water partition coefficient (Wildman–Crippen LogP) is 3.76. The highest BCUT2D eigenvalue weighted by atomic mass is 35.5. The van der Waals surface area contributed by atoms with Gasteiger partial charge in [-0.15, -0.1) is 0 Å². The number of carbonyl (C=O) groups excluding carboxylic acids is 1. The average Bonchev–Trinajstić information content (AvgIpc) is 3.40. The highest BCUT2D eigenvalue weighted by Gasteiger charge is 2.09. The summed E-state index contributed by atoms with van der Waals surface area (Å²) < 4.78 is 3.65. The van der Waals surface area contributed by atoms with Crippen LogP contribution in [0.15, 0.2) is 79.4 Å². The molecule has 0 aliphatic carbocycles. The van der Waals surface area contributed by atoms with Crippen molar-refractivity contribution in [2.45, 2.75) is 19.6 Å². The molecule has 0 unspecified atom stereocenters. The molecular formula is C22H20ClN5O. The Bertz CT molecular complexity index is 1090. The molecule has 0 bridgehead atoms. The van der Waals surface area contributed by atoms with E-state index in [1.54, 1.807) is 29.3 Å². The van der Waals surface area contributed by atoms with E-state index in [9.17, 15) is 4.79 Å². The lowest BCUT2D eigenvalue weighted by Gasteiger charge is -2.05. The molecule has 6 nitrogen and oxygen atoms in total. The lowest BCUT2D eigenvalue weighted by Crippen LogP contribution is -2.22. The number of benzene rings is 2. The van der Waals surface area contributed by atoms with Crippen molar-refractivity contribution in [3.05, 3.63) is 107 Å². The van der Waals surface area contributed by atoms with Crippen LogP contribution < -0.4 is 5.32 Å². The smallest absolute Gasteiger partial charge is 0.254 e. The van der Waals surface area contributed by atoms with Crippen LogP contribution >= 0.6 is 11.6 Å². The number of hydrogen-bond donors (Lipinski definition) is 1. The van der Waals surface area contributed by atoms with E-state index in [4.69, 9.17) is 11.6 Å². The monoisotopic (exact) mass is 405 g/mol. The predicted molar refractivity (Wildman–Crippen MR) is 112 cm³/mol. The lowest BCUT2D eigenvalue weighted by molar-refractivity contribution is 0.0951. The summed E-state index contributed by atoms with van der Waals surface area (Å²) in [7, 11) is 0. The fraction of sp³-hybridized carbons (Fsp3) is 0.136. The lowest BCUT2D eigenvalue weighted by atomic mass is 10.1. The third-order valence-electron chi connectivity index (χ3n) is 4.51. The Morgan fingerprint density at radius 3 is 2.38 bits per heavy atom. The zero-order chi connectivity index (χ0) is 20.1. The summed E-state index contributed by atoms with van der Waals surface area (Å²) in [5.74, 6) is -0.161. The first-order valence-corrected chi connectivity index (χ1v) is 9.64. The molecule has 0 saturated carbocycles. The van der Waals surface area contributed by atoms with Gasteiger partial charge >= 0.3 is 0 Å². The molecule has 0 spiro atoms. The number of halogens is 1. The second-order valence-corrected chi connectivity index (χ2v) is 7.20. The van der Waals surface area contributed by atoms with Crippen LogP contribution in [0.5, 0.6) is 0 Å². The zero-order valence-electron chi connectivity index (χ0n) is 15.7. The summed E-state index contributed by atoms with van der Waals surface area (Å²) in [6.07, 6.45) is 7.05. The molecule has 2 heterocycles. The maximum atomic E-state index is 12.4. The number of aromatic nitrogens is 4. The van der Waals surface area contributed by atoms with Gasteiger partial charge in [0.05, 0.1) is 24.8 Å². The minimum absolute atomic E-state index is 0.161. The Morgan fingerprint density at radius 1 is 0.931 bits per heavy atom. The van der Waals surface area contributed by atoms with Gasteiger partial charge in [0.2, 0.25) is 0 Å². The summed E-state index contributed by atoms with van der Waals surface area (Å²) in [6.45, 7) is 1.76. The normalized spacial score (nSPS) is 10.8. The highest BCUT2D eigenvalue weighted by molar-refractivity contribution is 6.30. The summed E-state index contributed by atoms with van der Waals surface area (Å²) in [5, 5.41) is 12.1. The molecule has 2 aromatic carbocycles. The Kier molecular flexibility index (Phi) is 5.72. The minimum Gasteiger partial charge on any atom is -0.348 e. The zero-order valence-corrected chi connectivity index (χ0v) is 16.5. The van der Waals surface area contributed by atoms with Gasteiger partial charge in [-0.25, -0.2) is 0 Å². The molecule has 29 heavy (non-hydrogen) atoms. The third kappa shape index (κ3) is 5.12. The van der Waals surface area contributed by atoms with Crippen molar-refractivity contribution in [3.63, 3.8) is 0 Å². The number of carbonyl (C=O) groups is 1. The van der Waals surface area contributed by atoms with E-state index in [1.807, 2.05) is 35.1 Å². The second kappa shape index (κ2) is 8.75. The molecule has 0 aliphatic rings. The van der Waals surface area contributed by atoms with Gasteiger partial charge in [0.25, 0.3) is 5.91 Å². The highest BCUT2D eigenvalue weighted by Crippen LogP contribution is 2.11. The molecule has 0 saturated heterocycles. The quantitative estimate of drug-likeness (QED) is 0.509. The van der Waals surface area contributed by atoms with Crippen LogP contribution in [0, 0.1) is 0 Å². The molecule has 0 atom stereocenters. The SMILES string of the molecule is O=C(NCc1cccc(Cl)c1)c1cnn(Cc2ccc(Cn3cccn3)cc2)c1. The molecule has 0 aliphatic heterocycles. The van der Waals surface area contributed by atoms with Crippen LogP contribution in [0.1, 0.15) is 27.0 Å². The minimum atomic E-state index is -0.161. The Hall–Kier alpha value is -3.38. The van der Waals surface area contributed by atoms with E-state index in [0.717, 1.165) is 17.7 Å². The van der Waals surface area contributed by atoms with Gasteiger partial charge < -0.3 is 5.32 Å². The number of nitrogens with one attached hydrogen (secondary N) is 1. The molecule has 4 rings (SSSR count). The molecule has 1 amide bonds. The van der Waals surface area contributed by atoms with Crippen LogP contribution in [0.25, 0.3) is 0 Å². The van der Waals surface area contributed by atoms with Crippen molar-refractivity contribution >= 4 is 17.5 Å². The van der Waals surface area contributed by atoms with Gasteiger partial charge in [-0.1, -0.05) is 48.0 Å². The largest absolute Gasteiger partial charge is 0.348 e. The van der Waals surface area contributed by atoms with Crippen molar-refractivity contribution in [1.82, 2.24) is 24.9 Å². The maximum absolute atomic E-state index is 12.4. The summed E-state index contributed by atoms with van der Waals surface area (Å²) in [4.78, 5) is 12.4. The molecule has 2 aromatic heterocycles. The van der Waals surface area contributed by atoms with Crippen molar-refractivity contribution < 1.29 is 4.79 Å². The van der Waals surface area contributed by atoms with E-state index < -0.39 is 0 Å². The summed E-state index contributed by atoms with van der Waals surface area (Å²) >= 11 is 5.97. The van der Waals surface area contributed by atoms with E-state index in [1.165, 1.54) is 5.56 Å². The second-order valence-electron chi connectivity index (χ2n) is 6.76. The van der Waals surface area contributed by atoms with Gasteiger partial charge in [-0.05, 0) is 34.9 Å². The van der Waals surface area contributed by atoms with Crippen molar-refractivity contribution in [2.75, 3.05) is 0 Å². The maximum Gasteiger partial charge on any atom is 0.254 e. The Balaban J connectivity index is 1.33. The molecule has 0 radical (unpaired) electrons. The van der Waals surface area contributed by atoms with Crippen LogP contribution in [0.4, 0.5) is 0 Å². The van der Waals surface area contributed by atoms with Crippen molar-refractivity contribution in [3.8, 4) is 0 Å². The fourth-order valence-electron chi connectivity index (χ4n) is 3.02. The number of rotatable bonds is 7. The first-order valence-electron chi connectivity index (χ1n) is 9.26. The first-order chi connectivity index (χ1) is 14.2. The van der Waals surface area contributed by atoms with Gasteiger partial charge in [0.15, 0.2) is 0 Å². The first kappa shape index (κ1) is 19.0. The van der Waals surface area contributed by atoms with Gasteiger partial charge in [-0.3, -0.25) is 14.2 Å². The van der Waals surface area contributed by atoms with Crippen molar-refractivity contribution in [2.24, 2.45) is 0 Å². The summed E-state index contributed by atoms with van der Waals surface area (Å²) in [5.41, 5.74) is 3.78. The molecule has 146 valence electrons. The molecule has 0 fully saturated rings. The molecule has 7 heteroatoms. The fourth-order valence-corrected chi connectivity index (χ4v) is 3.23. The number of nitrogens with zero attached hydrogens (tertiary/aromatic N) is 4. The van der Waals surface area contributed by atoms with E-state index in [0.29, 0.717) is 23.7 Å². The Labute approximate surface area is 173 Å². The Morgan fingerprint density at radius 2 is 1.69 bits per heavy atom. The van der Waals surface area contributed by atoms with E-state index >= 15 is 0 Å². The van der Waals surface area contributed by atoms with E-state index in [-0.39, 0.29) is 5.91 Å².